The van der Waals surface area contributed by atoms with Crippen LogP contribution in [0.4, 0.5) is 0 Å². The van der Waals surface area contributed by atoms with Crippen molar-refractivity contribution in [2.24, 2.45) is 7.05 Å². The number of rotatable bonds is 5. The summed E-state index contributed by atoms with van der Waals surface area (Å²) in [6.45, 7) is 0. The first kappa shape index (κ1) is 20.6. The number of aliphatic hydroxyl groups excluding tert-OH is 1. The molecule has 0 unspecified atom stereocenters. The number of carbonyl (C=O) groups is 1. The van der Waals surface area contributed by atoms with Crippen LogP contribution >= 0.6 is 11.6 Å². The van der Waals surface area contributed by atoms with Gasteiger partial charge in [-0.2, -0.15) is 5.10 Å². The summed E-state index contributed by atoms with van der Waals surface area (Å²) in [5, 5.41) is 18.0. The van der Waals surface area contributed by atoms with E-state index in [0.29, 0.717) is 17.1 Å². The van der Waals surface area contributed by atoms with E-state index in [1.165, 1.54) is 6.20 Å². The standard InChI is InChI=1S/C23H25ClN4O2/c1-28-11-10-19(27-28)16-8-6-15(7-9-16)12-17-13-21(25-14-18(17)24)23(30)26-20-4-2-3-5-22(20)29/h6-11,13-14,20,22,29H,2-5,12H2,1H3,(H,26,30)/t20-,22-/m0/s1. The zero-order valence-corrected chi connectivity index (χ0v) is 17.6. The number of hydrogen-bond acceptors (Lipinski definition) is 4. The lowest BCUT2D eigenvalue weighted by atomic mass is 9.92. The van der Waals surface area contributed by atoms with Gasteiger partial charge in [0.1, 0.15) is 5.69 Å². The predicted octanol–water partition coefficient (Wildman–Crippen LogP) is 3.76. The molecule has 2 heterocycles. The second-order valence-corrected chi connectivity index (χ2v) is 8.25. The molecule has 30 heavy (non-hydrogen) atoms. The molecule has 6 nitrogen and oxygen atoms in total. The van der Waals surface area contributed by atoms with Gasteiger partial charge in [-0.1, -0.05) is 48.7 Å². The highest BCUT2D eigenvalue weighted by molar-refractivity contribution is 6.31. The van der Waals surface area contributed by atoms with Crippen LogP contribution < -0.4 is 5.32 Å². The van der Waals surface area contributed by atoms with Crippen molar-refractivity contribution in [3.8, 4) is 11.3 Å². The quantitative estimate of drug-likeness (QED) is 0.653. The van der Waals surface area contributed by atoms with E-state index in [2.05, 4.69) is 15.4 Å². The zero-order valence-electron chi connectivity index (χ0n) is 16.9. The van der Waals surface area contributed by atoms with Crippen LogP contribution in [-0.4, -0.2) is 37.9 Å². The first-order chi connectivity index (χ1) is 14.5. The molecule has 3 aromatic rings. The van der Waals surface area contributed by atoms with Crippen molar-refractivity contribution in [3.63, 3.8) is 0 Å². The minimum absolute atomic E-state index is 0.216. The van der Waals surface area contributed by atoms with Crippen LogP contribution in [0.2, 0.25) is 5.02 Å². The van der Waals surface area contributed by atoms with Gasteiger partial charge in [0.15, 0.2) is 0 Å². The number of benzene rings is 1. The Kier molecular flexibility index (Phi) is 6.16. The Bertz CT molecular complexity index is 1030. The number of amides is 1. The molecular formula is C23H25ClN4O2. The Hall–Kier alpha value is -2.70. The summed E-state index contributed by atoms with van der Waals surface area (Å²) in [5.74, 6) is -0.274. The topological polar surface area (TPSA) is 80.0 Å². The van der Waals surface area contributed by atoms with E-state index >= 15 is 0 Å². The van der Waals surface area contributed by atoms with Crippen molar-refractivity contribution in [1.29, 1.82) is 0 Å². The average molecular weight is 425 g/mol. The summed E-state index contributed by atoms with van der Waals surface area (Å²) in [7, 11) is 1.89. The number of halogens is 1. The first-order valence-electron chi connectivity index (χ1n) is 10.2. The maximum absolute atomic E-state index is 12.6. The molecule has 1 aliphatic carbocycles. The van der Waals surface area contributed by atoms with Gasteiger partial charge in [0.2, 0.25) is 0 Å². The summed E-state index contributed by atoms with van der Waals surface area (Å²) in [4.78, 5) is 16.8. The van der Waals surface area contributed by atoms with Gasteiger partial charge < -0.3 is 10.4 Å². The second kappa shape index (κ2) is 8.98. The average Bonchev–Trinajstić information content (AvgIpc) is 3.18. The van der Waals surface area contributed by atoms with Crippen LogP contribution in [0.3, 0.4) is 0 Å². The Morgan fingerprint density at radius 1 is 1.23 bits per heavy atom. The number of aliphatic hydroxyl groups is 1. The lowest BCUT2D eigenvalue weighted by Gasteiger charge is -2.28. The minimum Gasteiger partial charge on any atom is -0.391 e. The smallest absolute Gasteiger partial charge is 0.270 e. The van der Waals surface area contributed by atoms with E-state index in [4.69, 9.17) is 11.6 Å². The number of aryl methyl sites for hydroxylation is 1. The van der Waals surface area contributed by atoms with Crippen LogP contribution in [-0.2, 0) is 13.5 Å². The monoisotopic (exact) mass is 424 g/mol. The molecule has 156 valence electrons. The van der Waals surface area contributed by atoms with Gasteiger partial charge in [-0.3, -0.25) is 9.48 Å². The van der Waals surface area contributed by atoms with Crippen molar-refractivity contribution in [2.45, 2.75) is 44.2 Å². The maximum Gasteiger partial charge on any atom is 0.270 e. The molecule has 0 bridgehead atoms. The molecule has 1 saturated carbocycles. The third-order valence-corrected chi connectivity index (χ3v) is 5.91. The summed E-state index contributed by atoms with van der Waals surface area (Å²) >= 11 is 6.35. The lowest BCUT2D eigenvalue weighted by molar-refractivity contribution is 0.0713. The Labute approximate surface area is 180 Å². The third-order valence-electron chi connectivity index (χ3n) is 5.57. The fourth-order valence-electron chi connectivity index (χ4n) is 3.84. The van der Waals surface area contributed by atoms with Gasteiger partial charge in [0, 0.05) is 25.0 Å². The highest BCUT2D eigenvalue weighted by atomic mass is 35.5. The highest BCUT2D eigenvalue weighted by Gasteiger charge is 2.25. The largest absolute Gasteiger partial charge is 0.391 e. The Morgan fingerprint density at radius 3 is 2.70 bits per heavy atom. The van der Waals surface area contributed by atoms with Crippen LogP contribution in [0.15, 0.2) is 48.8 Å². The summed E-state index contributed by atoms with van der Waals surface area (Å²) in [6, 6.07) is 11.6. The molecule has 0 radical (unpaired) electrons. The molecule has 0 aliphatic heterocycles. The Morgan fingerprint density at radius 2 is 2.00 bits per heavy atom. The molecule has 2 atom stereocenters. The number of carbonyl (C=O) groups excluding carboxylic acids is 1. The predicted molar refractivity (Wildman–Crippen MR) is 116 cm³/mol. The van der Waals surface area contributed by atoms with E-state index < -0.39 is 6.10 Å². The van der Waals surface area contributed by atoms with E-state index in [1.54, 1.807) is 10.7 Å². The SMILES string of the molecule is Cn1ccc(-c2ccc(Cc3cc(C(=O)N[C@H]4CCCC[C@@H]4O)ncc3Cl)cc2)n1. The molecule has 1 aromatic carbocycles. The van der Waals surface area contributed by atoms with Gasteiger partial charge in [0.25, 0.3) is 5.91 Å². The van der Waals surface area contributed by atoms with Gasteiger partial charge in [-0.05, 0) is 42.5 Å². The summed E-state index contributed by atoms with van der Waals surface area (Å²) in [6.07, 6.45) is 7.05. The first-order valence-corrected chi connectivity index (χ1v) is 10.6. The van der Waals surface area contributed by atoms with Gasteiger partial charge in [-0.25, -0.2) is 4.98 Å². The van der Waals surface area contributed by atoms with Crippen LogP contribution in [0, 0.1) is 0 Å². The molecule has 2 aromatic heterocycles. The number of pyridine rings is 1. The van der Waals surface area contributed by atoms with Crippen molar-refractivity contribution in [3.05, 3.63) is 70.6 Å². The zero-order chi connectivity index (χ0) is 21.1. The van der Waals surface area contributed by atoms with Gasteiger partial charge in [0.05, 0.1) is 22.9 Å². The molecule has 0 saturated heterocycles. The van der Waals surface area contributed by atoms with Crippen LogP contribution in [0.5, 0.6) is 0 Å². The molecule has 0 spiro atoms. The molecule has 7 heteroatoms. The van der Waals surface area contributed by atoms with Crippen molar-refractivity contribution in [1.82, 2.24) is 20.1 Å². The van der Waals surface area contributed by atoms with E-state index in [-0.39, 0.29) is 11.9 Å². The van der Waals surface area contributed by atoms with Crippen LogP contribution in [0.1, 0.15) is 47.3 Å². The second-order valence-electron chi connectivity index (χ2n) is 7.84. The van der Waals surface area contributed by atoms with Gasteiger partial charge >= 0.3 is 0 Å². The number of nitrogens with zero attached hydrogens (tertiary/aromatic N) is 3. The van der Waals surface area contributed by atoms with E-state index in [1.807, 2.05) is 43.6 Å². The third kappa shape index (κ3) is 4.71. The maximum atomic E-state index is 12.6. The molecule has 2 N–H and O–H groups in total. The molecule has 1 fully saturated rings. The fraction of sp³-hybridized carbons (Fsp3) is 0.348. The highest BCUT2D eigenvalue weighted by Crippen LogP contribution is 2.23. The Balaban J connectivity index is 1.47. The van der Waals surface area contributed by atoms with E-state index in [9.17, 15) is 9.90 Å². The number of aromatic nitrogens is 3. The molecular weight excluding hydrogens is 400 g/mol. The fourth-order valence-corrected chi connectivity index (χ4v) is 4.01. The van der Waals surface area contributed by atoms with Gasteiger partial charge in [-0.15, -0.1) is 0 Å². The number of hydrogen-bond donors (Lipinski definition) is 2. The van der Waals surface area contributed by atoms with Crippen molar-refractivity contribution >= 4 is 17.5 Å². The van der Waals surface area contributed by atoms with Crippen molar-refractivity contribution < 1.29 is 9.90 Å². The van der Waals surface area contributed by atoms with E-state index in [0.717, 1.165) is 48.1 Å². The summed E-state index contributed by atoms with van der Waals surface area (Å²) in [5.41, 5.74) is 4.21. The molecule has 4 rings (SSSR count). The molecule has 1 aliphatic rings. The lowest BCUT2D eigenvalue weighted by Crippen LogP contribution is -2.45. The normalized spacial score (nSPS) is 18.9. The van der Waals surface area contributed by atoms with Crippen LogP contribution in [0.25, 0.3) is 11.3 Å². The minimum atomic E-state index is -0.493. The number of nitrogens with one attached hydrogen (secondary N) is 1. The molecule has 1 amide bonds. The summed E-state index contributed by atoms with van der Waals surface area (Å²) < 4.78 is 1.78. The van der Waals surface area contributed by atoms with Crippen molar-refractivity contribution in [2.75, 3.05) is 0 Å².